The van der Waals surface area contributed by atoms with Crippen molar-refractivity contribution in [3.63, 3.8) is 0 Å². The van der Waals surface area contributed by atoms with Crippen LogP contribution in [0.5, 0.6) is 0 Å². The molecule has 0 radical (unpaired) electrons. The molecule has 1 N–H and O–H groups in total. The fourth-order valence-corrected chi connectivity index (χ4v) is 1.63. The highest BCUT2D eigenvalue weighted by Gasteiger charge is 2.12. The maximum absolute atomic E-state index is 13.3. The summed E-state index contributed by atoms with van der Waals surface area (Å²) in [6.07, 6.45) is 2.27. The zero-order valence-electron chi connectivity index (χ0n) is 9.75. The molecule has 0 aliphatic carbocycles. The van der Waals surface area contributed by atoms with E-state index in [1.165, 1.54) is 6.07 Å². The Morgan fingerprint density at radius 3 is 2.61 bits per heavy atom. The van der Waals surface area contributed by atoms with E-state index in [2.05, 4.69) is 10.4 Å². The van der Waals surface area contributed by atoms with Crippen molar-refractivity contribution in [2.24, 2.45) is 7.05 Å². The van der Waals surface area contributed by atoms with Gasteiger partial charge in [0.05, 0.1) is 5.69 Å². The lowest BCUT2D eigenvalue weighted by Gasteiger charge is -2.08. The summed E-state index contributed by atoms with van der Waals surface area (Å²) in [7, 11) is 1.80. The summed E-state index contributed by atoms with van der Waals surface area (Å²) in [6, 6.07) is 3.91. The molecule has 0 unspecified atom stereocenters. The summed E-state index contributed by atoms with van der Waals surface area (Å²) >= 11 is 0. The molecule has 1 aromatic carbocycles. The molecule has 0 spiro atoms. The van der Waals surface area contributed by atoms with Crippen molar-refractivity contribution in [2.75, 3.05) is 11.9 Å². The first-order valence-corrected chi connectivity index (χ1v) is 5.44. The van der Waals surface area contributed by atoms with Gasteiger partial charge >= 0.3 is 0 Å². The van der Waals surface area contributed by atoms with Gasteiger partial charge in [0, 0.05) is 31.9 Å². The molecule has 3 nitrogen and oxygen atoms in total. The van der Waals surface area contributed by atoms with Gasteiger partial charge in [-0.1, -0.05) is 0 Å². The number of benzene rings is 1. The Balaban J connectivity index is 1.99. The predicted molar refractivity (Wildman–Crippen MR) is 61.7 cm³/mol. The summed E-state index contributed by atoms with van der Waals surface area (Å²) in [5.74, 6) is -3.84. The van der Waals surface area contributed by atoms with Crippen LogP contribution in [0.2, 0.25) is 0 Å². The highest BCUT2D eigenvalue weighted by Crippen LogP contribution is 2.19. The van der Waals surface area contributed by atoms with Gasteiger partial charge in [0.15, 0.2) is 17.5 Å². The van der Waals surface area contributed by atoms with Gasteiger partial charge in [-0.2, -0.15) is 5.10 Å². The molecule has 0 amide bonds. The van der Waals surface area contributed by atoms with Crippen LogP contribution in [-0.4, -0.2) is 16.3 Å². The van der Waals surface area contributed by atoms with Crippen LogP contribution < -0.4 is 5.32 Å². The van der Waals surface area contributed by atoms with E-state index in [0.29, 0.717) is 13.0 Å². The quantitative estimate of drug-likeness (QED) is 0.851. The number of nitrogens with zero attached hydrogens (tertiary/aromatic N) is 2. The van der Waals surface area contributed by atoms with Crippen LogP contribution in [0.3, 0.4) is 0 Å². The fourth-order valence-electron chi connectivity index (χ4n) is 1.63. The van der Waals surface area contributed by atoms with Gasteiger partial charge in [-0.05, 0) is 18.2 Å². The van der Waals surface area contributed by atoms with Crippen LogP contribution in [0.4, 0.5) is 18.9 Å². The Bertz CT molecular complexity index is 551. The molecule has 2 aromatic rings. The number of hydrogen-bond donors (Lipinski definition) is 1. The van der Waals surface area contributed by atoms with Gasteiger partial charge in [-0.25, -0.2) is 13.2 Å². The molecular formula is C12H12F3N3. The molecule has 0 bridgehead atoms. The van der Waals surface area contributed by atoms with Crippen molar-refractivity contribution in [1.29, 1.82) is 0 Å². The highest BCUT2D eigenvalue weighted by molar-refractivity contribution is 5.45. The molecular weight excluding hydrogens is 243 g/mol. The lowest BCUT2D eigenvalue weighted by Crippen LogP contribution is -2.10. The first-order valence-electron chi connectivity index (χ1n) is 5.44. The van der Waals surface area contributed by atoms with E-state index in [9.17, 15) is 13.2 Å². The second-order valence-corrected chi connectivity index (χ2v) is 3.85. The van der Waals surface area contributed by atoms with Crippen LogP contribution >= 0.6 is 0 Å². The Morgan fingerprint density at radius 2 is 1.94 bits per heavy atom. The molecule has 6 heteroatoms. The van der Waals surface area contributed by atoms with E-state index < -0.39 is 17.5 Å². The van der Waals surface area contributed by atoms with Crippen LogP contribution in [0.15, 0.2) is 24.4 Å². The summed E-state index contributed by atoms with van der Waals surface area (Å²) < 4.78 is 40.7. The van der Waals surface area contributed by atoms with Gasteiger partial charge in [0.25, 0.3) is 0 Å². The van der Waals surface area contributed by atoms with Crippen LogP contribution in [0.25, 0.3) is 0 Å². The van der Waals surface area contributed by atoms with Crippen LogP contribution in [0.1, 0.15) is 5.69 Å². The molecule has 0 aliphatic heterocycles. The standard InChI is InChI=1S/C12H12F3N3/c1-18-8(5-7-17-18)4-6-16-10-3-2-9(13)11(14)12(10)15/h2-3,5,7,16H,4,6H2,1H3. The minimum atomic E-state index is -1.46. The second-order valence-electron chi connectivity index (χ2n) is 3.85. The molecule has 0 saturated carbocycles. The first-order chi connectivity index (χ1) is 8.59. The molecule has 0 aliphatic rings. The molecule has 0 fully saturated rings. The third-order valence-corrected chi connectivity index (χ3v) is 2.65. The Hall–Kier alpha value is -1.98. The summed E-state index contributed by atoms with van der Waals surface area (Å²) in [5.41, 5.74) is 0.918. The van der Waals surface area contributed by atoms with Crippen molar-refractivity contribution >= 4 is 5.69 Å². The number of hydrogen-bond acceptors (Lipinski definition) is 2. The molecule has 1 heterocycles. The zero-order chi connectivity index (χ0) is 13.1. The minimum absolute atomic E-state index is 0.0453. The molecule has 0 atom stereocenters. The number of rotatable bonds is 4. The summed E-state index contributed by atoms with van der Waals surface area (Å²) in [4.78, 5) is 0. The van der Waals surface area contributed by atoms with E-state index in [0.717, 1.165) is 11.8 Å². The van der Waals surface area contributed by atoms with E-state index >= 15 is 0 Å². The van der Waals surface area contributed by atoms with E-state index in [1.54, 1.807) is 17.9 Å². The predicted octanol–water partition coefficient (Wildman–Crippen LogP) is 2.49. The van der Waals surface area contributed by atoms with Crippen molar-refractivity contribution in [3.8, 4) is 0 Å². The monoisotopic (exact) mass is 255 g/mol. The Kier molecular flexibility index (Phi) is 3.55. The summed E-state index contributed by atoms with van der Waals surface area (Å²) in [6.45, 7) is 0.404. The van der Waals surface area contributed by atoms with Crippen LogP contribution in [0, 0.1) is 17.5 Å². The third kappa shape index (κ3) is 2.47. The number of anilines is 1. The van der Waals surface area contributed by atoms with Gasteiger partial charge in [0.1, 0.15) is 0 Å². The van der Waals surface area contributed by atoms with Gasteiger partial charge in [-0.15, -0.1) is 0 Å². The van der Waals surface area contributed by atoms with Crippen molar-refractivity contribution in [1.82, 2.24) is 9.78 Å². The number of halogens is 3. The number of nitrogens with one attached hydrogen (secondary N) is 1. The molecule has 2 rings (SSSR count). The van der Waals surface area contributed by atoms with E-state index in [1.807, 2.05) is 6.07 Å². The second kappa shape index (κ2) is 5.12. The van der Waals surface area contributed by atoms with E-state index in [-0.39, 0.29) is 5.69 Å². The average molecular weight is 255 g/mol. The first kappa shape index (κ1) is 12.5. The highest BCUT2D eigenvalue weighted by atomic mass is 19.2. The van der Waals surface area contributed by atoms with Crippen LogP contribution in [-0.2, 0) is 13.5 Å². The molecule has 0 saturated heterocycles. The third-order valence-electron chi connectivity index (χ3n) is 2.65. The Morgan fingerprint density at radius 1 is 1.17 bits per heavy atom. The number of aryl methyl sites for hydroxylation is 1. The maximum Gasteiger partial charge on any atom is 0.196 e. The minimum Gasteiger partial charge on any atom is -0.382 e. The van der Waals surface area contributed by atoms with E-state index in [4.69, 9.17) is 0 Å². The zero-order valence-corrected chi connectivity index (χ0v) is 9.75. The normalized spacial score (nSPS) is 10.7. The SMILES string of the molecule is Cn1nccc1CCNc1ccc(F)c(F)c1F. The van der Waals surface area contributed by atoms with Gasteiger partial charge in [0.2, 0.25) is 0 Å². The topological polar surface area (TPSA) is 29.9 Å². The Labute approximate surface area is 102 Å². The molecule has 1 aromatic heterocycles. The lowest BCUT2D eigenvalue weighted by atomic mass is 10.2. The maximum atomic E-state index is 13.3. The smallest absolute Gasteiger partial charge is 0.196 e. The summed E-state index contributed by atoms with van der Waals surface area (Å²) in [5, 5.41) is 6.71. The van der Waals surface area contributed by atoms with Crippen molar-refractivity contribution in [3.05, 3.63) is 47.5 Å². The lowest BCUT2D eigenvalue weighted by molar-refractivity contribution is 0.449. The molecule has 96 valence electrons. The average Bonchev–Trinajstić information content (AvgIpc) is 2.75. The fraction of sp³-hybridized carbons (Fsp3) is 0.250. The largest absolute Gasteiger partial charge is 0.382 e. The van der Waals surface area contributed by atoms with Crippen molar-refractivity contribution < 1.29 is 13.2 Å². The van der Waals surface area contributed by atoms with Gasteiger partial charge < -0.3 is 5.32 Å². The van der Waals surface area contributed by atoms with Gasteiger partial charge in [-0.3, -0.25) is 4.68 Å². The van der Waals surface area contributed by atoms with Crippen molar-refractivity contribution in [2.45, 2.75) is 6.42 Å². The molecule has 18 heavy (non-hydrogen) atoms. The number of aromatic nitrogens is 2.